The first-order chi connectivity index (χ1) is 8.22. The van der Waals surface area contributed by atoms with Crippen molar-refractivity contribution in [1.29, 1.82) is 0 Å². The quantitative estimate of drug-likeness (QED) is 0.786. The number of hydrogen-bond acceptors (Lipinski definition) is 3. The minimum Gasteiger partial charge on any atom is -0.495 e. The predicted molar refractivity (Wildman–Crippen MR) is 67.1 cm³/mol. The summed E-state index contributed by atoms with van der Waals surface area (Å²) in [5.41, 5.74) is 6.79. The number of nitrogens with two attached hydrogens (primary N) is 1. The number of methoxy groups -OCH3 is 1. The third-order valence-corrected chi connectivity index (χ3v) is 3.22. The number of para-hydroxylation sites is 1. The molecule has 0 radical (unpaired) electrons. The largest absolute Gasteiger partial charge is 0.495 e. The van der Waals surface area contributed by atoms with Crippen molar-refractivity contribution in [2.24, 2.45) is 0 Å². The normalized spacial score (nSPS) is 15.8. The van der Waals surface area contributed by atoms with Gasteiger partial charge in [-0.3, -0.25) is 4.79 Å². The molecule has 0 aromatic heterocycles. The van der Waals surface area contributed by atoms with Crippen molar-refractivity contribution in [2.45, 2.75) is 31.7 Å². The van der Waals surface area contributed by atoms with Crippen LogP contribution >= 0.6 is 0 Å². The lowest BCUT2D eigenvalue weighted by atomic mass is 10.1. The van der Waals surface area contributed by atoms with Gasteiger partial charge >= 0.3 is 0 Å². The van der Waals surface area contributed by atoms with Crippen molar-refractivity contribution >= 4 is 11.6 Å². The Balaban J connectivity index is 2.12. The number of carbonyl (C=O) groups is 1. The molecule has 0 saturated heterocycles. The molecule has 0 atom stereocenters. The van der Waals surface area contributed by atoms with Gasteiger partial charge < -0.3 is 15.8 Å². The standard InChI is InChI=1S/C13H18N2O2/c1-17-11-8-4-7-10(12(11)14)13(16)15-9-5-2-3-6-9/h4,7-9H,2-3,5-6,14H2,1H3,(H,15,16). The highest BCUT2D eigenvalue weighted by atomic mass is 16.5. The molecule has 4 heteroatoms. The number of benzene rings is 1. The third kappa shape index (κ3) is 2.52. The Morgan fingerprint density at radius 1 is 1.41 bits per heavy atom. The van der Waals surface area contributed by atoms with Crippen LogP contribution in [-0.2, 0) is 0 Å². The van der Waals surface area contributed by atoms with Gasteiger partial charge in [0.1, 0.15) is 5.75 Å². The van der Waals surface area contributed by atoms with E-state index in [1.165, 1.54) is 12.8 Å². The monoisotopic (exact) mass is 234 g/mol. The lowest BCUT2D eigenvalue weighted by Crippen LogP contribution is -2.33. The molecule has 0 heterocycles. The second kappa shape index (κ2) is 5.08. The first-order valence-corrected chi connectivity index (χ1v) is 5.95. The Morgan fingerprint density at radius 3 is 2.76 bits per heavy atom. The van der Waals surface area contributed by atoms with E-state index in [2.05, 4.69) is 5.32 Å². The van der Waals surface area contributed by atoms with Crippen molar-refractivity contribution in [2.75, 3.05) is 12.8 Å². The summed E-state index contributed by atoms with van der Waals surface area (Å²) in [5, 5.41) is 3.01. The molecule has 0 bridgehead atoms. The lowest BCUT2D eigenvalue weighted by Gasteiger charge is -2.14. The van der Waals surface area contributed by atoms with Gasteiger partial charge in [-0.05, 0) is 25.0 Å². The van der Waals surface area contributed by atoms with Crippen LogP contribution in [0.5, 0.6) is 5.75 Å². The van der Waals surface area contributed by atoms with Gasteiger partial charge in [-0.2, -0.15) is 0 Å². The van der Waals surface area contributed by atoms with E-state index in [0.717, 1.165) is 12.8 Å². The van der Waals surface area contributed by atoms with Crippen molar-refractivity contribution < 1.29 is 9.53 Å². The number of carbonyl (C=O) groups excluding carboxylic acids is 1. The number of rotatable bonds is 3. The van der Waals surface area contributed by atoms with E-state index in [0.29, 0.717) is 23.0 Å². The molecule has 1 aliphatic carbocycles. The molecular formula is C13H18N2O2. The number of hydrogen-bond donors (Lipinski definition) is 2. The topological polar surface area (TPSA) is 64.3 Å². The number of ether oxygens (including phenoxy) is 1. The number of nitrogen functional groups attached to an aromatic ring is 1. The molecule has 1 amide bonds. The smallest absolute Gasteiger partial charge is 0.253 e. The van der Waals surface area contributed by atoms with Crippen LogP contribution in [-0.4, -0.2) is 19.1 Å². The van der Waals surface area contributed by atoms with Crippen molar-refractivity contribution in [3.63, 3.8) is 0 Å². The molecular weight excluding hydrogens is 216 g/mol. The van der Waals surface area contributed by atoms with Crippen LogP contribution in [0.3, 0.4) is 0 Å². The van der Waals surface area contributed by atoms with E-state index < -0.39 is 0 Å². The Hall–Kier alpha value is -1.71. The van der Waals surface area contributed by atoms with Crippen LogP contribution < -0.4 is 15.8 Å². The minimum absolute atomic E-state index is 0.103. The van der Waals surface area contributed by atoms with Crippen LogP contribution in [0.15, 0.2) is 18.2 Å². The van der Waals surface area contributed by atoms with Gasteiger partial charge in [0.05, 0.1) is 18.4 Å². The first kappa shape index (κ1) is 11.8. The Morgan fingerprint density at radius 2 is 2.12 bits per heavy atom. The number of amides is 1. The molecule has 0 spiro atoms. The maximum atomic E-state index is 12.0. The van der Waals surface area contributed by atoms with Crippen molar-refractivity contribution in [1.82, 2.24) is 5.32 Å². The lowest BCUT2D eigenvalue weighted by molar-refractivity contribution is 0.0938. The van der Waals surface area contributed by atoms with Gasteiger partial charge in [-0.15, -0.1) is 0 Å². The molecule has 1 aromatic carbocycles. The van der Waals surface area contributed by atoms with E-state index in [9.17, 15) is 4.79 Å². The summed E-state index contributed by atoms with van der Waals surface area (Å²) < 4.78 is 5.10. The van der Waals surface area contributed by atoms with E-state index >= 15 is 0 Å². The molecule has 1 saturated carbocycles. The van der Waals surface area contributed by atoms with Gasteiger partial charge in [-0.25, -0.2) is 0 Å². The highest BCUT2D eigenvalue weighted by molar-refractivity contribution is 6.00. The second-order valence-electron chi connectivity index (χ2n) is 4.38. The Bertz CT molecular complexity index is 412. The predicted octanol–water partition coefficient (Wildman–Crippen LogP) is 1.95. The van der Waals surface area contributed by atoms with Gasteiger partial charge in [0.25, 0.3) is 5.91 Å². The first-order valence-electron chi connectivity index (χ1n) is 5.95. The number of anilines is 1. The molecule has 0 aliphatic heterocycles. The van der Waals surface area contributed by atoms with Gasteiger partial charge in [0.15, 0.2) is 0 Å². The molecule has 1 fully saturated rings. The highest BCUT2D eigenvalue weighted by Crippen LogP contribution is 2.25. The number of nitrogens with one attached hydrogen (secondary N) is 1. The molecule has 1 aromatic rings. The average molecular weight is 234 g/mol. The van der Waals surface area contributed by atoms with E-state index in [1.54, 1.807) is 25.3 Å². The molecule has 0 unspecified atom stereocenters. The van der Waals surface area contributed by atoms with Crippen LogP contribution in [0.2, 0.25) is 0 Å². The van der Waals surface area contributed by atoms with Crippen molar-refractivity contribution in [3.8, 4) is 5.75 Å². The summed E-state index contributed by atoms with van der Waals surface area (Å²) in [4.78, 5) is 12.0. The Labute approximate surface area is 101 Å². The van der Waals surface area contributed by atoms with Crippen molar-refractivity contribution in [3.05, 3.63) is 23.8 Å². The fraction of sp³-hybridized carbons (Fsp3) is 0.462. The fourth-order valence-electron chi connectivity index (χ4n) is 2.25. The summed E-state index contributed by atoms with van der Waals surface area (Å²) in [5.74, 6) is 0.442. The van der Waals surface area contributed by atoms with Gasteiger partial charge in [-0.1, -0.05) is 18.9 Å². The molecule has 2 rings (SSSR count). The van der Waals surface area contributed by atoms with E-state index in [4.69, 9.17) is 10.5 Å². The minimum atomic E-state index is -0.103. The highest BCUT2D eigenvalue weighted by Gasteiger charge is 2.19. The van der Waals surface area contributed by atoms with Crippen LogP contribution in [0.4, 0.5) is 5.69 Å². The average Bonchev–Trinajstić information content (AvgIpc) is 2.82. The summed E-state index contributed by atoms with van der Waals surface area (Å²) in [7, 11) is 1.55. The second-order valence-corrected chi connectivity index (χ2v) is 4.38. The molecule has 4 nitrogen and oxygen atoms in total. The maximum absolute atomic E-state index is 12.0. The van der Waals surface area contributed by atoms with Gasteiger partial charge in [0.2, 0.25) is 0 Å². The summed E-state index contributed by atoms with van der Waals surface area (Å²) in [6, 6.07) is 5.55. The molecule has 17 heavy (non-hydrogen) atoms. The summed E-state index contributed by atoms with van der Waals surface area (Å²) in [6.07, 6.45) is 4.52. The zero-order valence-electron chi connectivity index (χ0n) is 10.0. The Kier molecular flexibility index (Phi) is 3.52. The van der Waals surface area contributed by atoms with E-state index in [-0.39, 0.29) is 5.91 Å². The van der Waals surface area contributed by atoms with Crippen LogP contribution in [0, 0.1) is 0 Å². The summed E-state index contributed by atoms with van der Waals surface area (Å²) >= 11 is 0. The molecule has 1 aliphatic rings. The SMILES string of the molecule is COc1cccc(C(=O)NC2CCCC2)c1N. The van der Waals surface area contributed by atoms with E-state index in [1.807, 2.05) is 0 Å². The third-order valence-electron chi connectivity index (χ3n) is 3.22. The van der Waals surface area contributed by atoms with Crippen LogP contribution in [0.25, 0.3) is 0 Å². The maximum Gasteiger partial charge on any atom is 0.253 e. The zero-order chi connectivity index (χ0) is 12.3. The van der Waals surface area contributed by atoms with Gasteiger partial charge in [0, 0.05) is 6.04 Å². The fourth-order valence-corrected chi connectivity index (χ4v) is 2.25. The zero-order valence-corrected chi connectivity index (χ0v) is 10.0. The summed E-state index contributed by atoms with van der Waals surface area (Å²) in [6.45, 7) is 0. The van der Waals surface area contributed by atoms with Crippen LogP contribution in [0.1, 0.15) is 36.0 Å². The molecule has 3 N–H and O–H groups in total. The molecule has 92 valence electrons.